The van der Waals surface area contributed by atoms with E-state index in [1.807, 2.05) is 60.7 Å². The molecule has 4 aromatic rings. The van der Waals surface area contributed by atoms with Crippen LogP contribution in [0.25, 0.3) is 0 Å². The van der Waals surface area contributed by atoms with Crippen molar-refractivity contribution in [1.82, 2.24) is 29.6 Å². The van der Waals surface area contributed by atoms with E-state index in [0.29, 0.717) is 22.5 Å². The summed E-state index contributed by atoms with van der Waals surface area (Å²) in [6.07, 6.45) is 1.47. The summed E-state index contributed by atoms with van der Waals surface area (Å²) in [6, 6.07) is 22.5. The minimum Gasteiger partial charge on any atom is -0.389 e. The number of aliphatic hydroxyl groups excluding tert-OH is 1. The van der Waals surface area contributed by atoms with Crippen molar-refractivity contribution < 1.29 is 24.3 Å². The second-order valence-corrected chi connectivity index (χ2v) is 14.9. The molecule has 0 fully saturated rings. The Morgan fingerprint density at radius 1 is 0.571 bits per heavy atom. The summed E-state index contributed by atoms with van der Waals surface area (Å²) in [5.74, 6) is -2.19. The van der Waals surface area contributed by atoms with Crippen LogP contribution >= 0.6 is 0 Å². The van der Waals surface area contributed by atoms with Crippen molar-refractivity contribution in [2.75, 3.05) is 14.1 Å². The van der Waals surface area contributed by atoms with Crippen molar-refractivity contribution in [3.8, 4) is 0 Å². The predicted molar refractivity (Wildman–Crippen MR) is 215 cm³/mol. The Bertz CT molecular complexity index is 1710. The van der Waals surface area contributed by atoms with E-state index in [-0.39, 0.29) is 37.8 Å². The Labute approximate surface area is 330 Å². The average molecular weight is 765 g/mol. The molecule has 6 amide bonds. The van der Waals surface area contributed by atoms with E-state index < -0.39 is 54.1 Å². The number of urea groups is 2. The largest absolute Gasteiger partial charge is 0.389 e. The van der Waals surface area contributed by atoms with E-state index in [9.17, 15) is 24.3 Å². The molecule has 4 atom stereocenters. The molecule has 0 spiro atoms. The highest BCUT2D eigenvalue weighted by atomic mass is 16.3. The summed E-state index contributed by atoms with van der Waals surface area (Å²) >= 11 is 0. The molecule has 13 heteroatoms. The number of rotatable bonds is 16. The van der Waals surface area contributed by atoms with Gasteiger partial charge in [-0.05, 0) is 60.1 Å². The Kier molecular flexibility index (Phi) is 15.8. The topological polar surface area (TPSA) is 179 Å². The Hall–Kier alpha value is -5.50. The fourth-order valence-electron chi connectivity index (χ4n) is 6.36. The maximum Gasteiger partial charge on any atom is 0.327 e. The summed E-state index contributed by atoms with van der Waals surface area (Å²) < 4.78 is 0. The molecule has 0 bridgehead atoms. The number of benzene rings is 2. The highest BCUT2D eigenvalue weighted by Gasteiger charge is 2.46. The van der Waals surface area contributed by atoms with Crippen molar-refractivity contribution in [3.05, 3.63) is 132 Å². The summed E-state index contributed by atoms with van der Waals surface area (Å²) in [5.41, 5.74) is 15.6. The van der Waals surface area contributed by atoms with Crippen LogP contribution in [0.3, 0.4) is 0 Å². The summed E-state index contributed by atoms with van der Waals surface area (Å²) in [4.78, 5) is 72.1. The number of aromatic nitrogens is 2. The molecule has 2 heterocycles. The fraction of sp³-hybridized carbons (Fsp3) is 0.395. The highest BCUT2D eigenvalue weighted by Crippen LogP contribution is 2.26. The minimum absolute atomic E-state index is 0.0246. The first-order valence-electron chi connectivity index (χ1n) is 18.9. The molecule has 5 N–H and O–H groups in total. The van der Waals surface area contributed by atoms with Gasteiger partial charge < -0.3 is 26.4 Å². The molecular weight excluding hydrogens is 709 g/mol. The number of aliphatic hydroxyl groups is 1. The zero-order chi connectivity index (χ0) is 40.9. The van der Waals surface area contributed by atoms with Crippen LogP contribution in [0.4, 0.5) is 9.59 Å². The van der Waals surface area contributed by atoms with E-state index >= 15 is 0 Å². The molecule has 0 radical (unpaired) electrons. The minimum atomic E-state index is -1.69. The first-order chi connectivity index (χ1) is 26.7. The van der Waals surface area contributed by atoms with Crippen molar-refractivity contribution in [2.24, 2.45) is 23.3 Å². The van der Waals surface area contributed by atoms with Crippen molar-refractivity contribution >= 4 is 23.9 Å². The van der Waals surface area contributed by atoms with E-state index in [1.165, 1.54) is 9.80 Å². The van der Waals surface area contributed by atoms with Crippen LogP contribution in [0.15, 0.2) is 109 Å². The smallest absolute Gasteiger partial charge is 0.327 e. The number of hydrogen-bond donors (Lipinski definition) is 3. The third-order valence-corrected chi connectivity index (χ3v) is 9.82. The molecule has 0 saturated heterocycles. The quantitative estimate of drug-likeness (QED) is 0.148. The van der Waals surface area contributed by atoms with Gasteiger partial charge in [0.1, 0.15) is 0 Å². The summed E-state index contributed by atoms with van der Waals surface area (Å²) in [5, 5.41) is 13.0. The zero-order valence-corrected chi connectivity index (χ0v) is 33.2. The molecular formula is C43H56N8O5. The fourth-order valence-corrected chi connectivity index (χ4v) is 6.36. The first kappa shape index (κ1) is 43.2. The molecule has 2 aromatic heterocycles. The number of carbonyl (C=O) groups excluding carboxylic acids is 4. The second kappa shape index (κ2) is 20.4. The Morgan fingerprint density at radius 3 is 1.21 bits per heavy atom. The van der Waals surface area contributed by atoms with E-state index in [2.05, 4.69) is 9.97 Å². The molecule has 0 saturated carbocycles. The van der Waals surface area contributed by atoms with Gasteiger partial charge in [-0.3, -0.25) is 29.4 Å². The van der Waals surface area contributed by atoms with Crippen LogP contribution in [0.1, 0.15) is 50.2 Å². The third-order valence-electron chi connectivity index (χ3n) is 9.82. The number of hydrogen-bond acceptors (Lipinski definition) is 9. The number of nitrogens with two attached hydrogens (primary N) is 2. The number of imide groups is 2. The molecule has 0 aliphatic heterocycles. The van der Waals surface area contributed by atoms with Gasteiger partial charge in [0.05, 0.1) is 54.7 Å². The lowest BCUT2D eigenvalue weighted by atomic mass is 9.89. The lowest BCUT2D eigenvalue weighted by Gasteiger charge is -2.43. The van der Waals surface area contributed by atoms with Crippen molar-refractivity contribution in [1.29, 1.82) is 0 Å². The van der Waals surface area contributed by atoms with E-state index in [4.69, 9.17) is 11.5 Å². The van der Waals surface area contributed by atoms with Crippen LogP contribution in [0.2, 0.25) is 0 Å². The zero-order valence-electron chi connectivity index (χ0n) is 33.2. The monoisotopic (exact) mass is 764 g/mol. The lowest BCUT2D eigenvalue weighted by Crippen LogP contribution is -2.66. The van der Waals surface area contributed by atoms with Gasteiger partial charge in [0.15, 0.2) is 0 Å². The van der Waals surface area contributed by atoms with Crippen LogP contribution in [-0.4, -0.2) is 103 Å². The first-order valence-corrected chi connectivity index (χ1v) is 18.9. The van der Waals surface area contributed by atoms with Gasteiger partial charge in [-0.15, -0.1) is 0 Å². The molecule has 2 unspecified atom stereocenters. The maximum atomic E-state index is 14.7. The van der Waals surface area contributed by atoms with Gasteiger partial charge in [0, 0.05) is 26.5 Å². The van der Waals surface area contributed by atoms with E-state index in [0.717, 1.165) is 9.80 Å². The SMILES string of the molecule is CC(C)[C@H](N)C(=O)N(C(=O)N(C)Cc1ccccn1)C(Cc1ccccc1)C(O)C(Cc1ccccc1)N(C(=O)[C@@H](N)C(C)C)C(=O)N(C)Cc1ccccn1. The molecule has 13 nitrogen and oxygen atoms in total. The van der Waals surface area contributed by atoms with Gasteiger partial charge in [-0.25, -0.2) is 9.59 Å². The van der Waals surface area contributed by atoms with Crippen LogP contribution < -0.4 is 11.5 Å². The Morgan fingerprint density at radius 2 is 0.911 bits per heavy atom. The van der Waals surface area contributed by atoms with Gasteiger partial charge in [0.25, 0.3) is 0 Å². The van der Waals surface area contributed by atoms with Crippen molar-refractivity contribution in [2.45, 2.75) is 83.9 Å². The third kappa shape index (κ3) is 11.3. The number of amides is 6. The van der Waals surface area contributed by atoms with Crippen molar-refractivity contribution in [3.63, 3.8) is 0 Å². The predicted octanol–water partition coefficient (Wildman–Crippen LogP) is 4.49. The summed E-state index contributed by atoms with van der Waals surface area (Å²) in [6.45, 7) is 7.18. The molecule has 298 valence electrons. The van der Waals surface area contributed by atoms with Crippen LogP contribution in [-0.2, 0) is 35.5 Å². The van der Waals surface area contributed by atoms with Gasteiger partial charge in [-0.1, -0.05) is 100 Å². The second-order valence-electron chi connectivity index (χ2n) is 14.9. The molecule has 56 heavy (non-hydrogen) atoms. The highest BCUT2D eigenvalue weighted by molar-refractivity contribution is 5.99. The molecule has 0 aliphatic rings. The molecule has 0 aliphatic carbocycles. The lowest BCUT2D eigenvalue weighted by molar-refractivity contribution is -0.139. The molecule has 4 rings (SSSR count). The van der Waals surface area contributed by atoms with Crippen LogP contribution in [0.5, 0.6) is 0 Å². The van der Waals surface area contributed by atoms with Gasteiger partial charge in [-0.2, -0.15) is 0 Å². The summed E-state index contributed by atoms with van der Waals surface area (Å²) in [7, 11) is 3.08. The normalized spacial score (nSPS) is 14.0. The molecule has 2 aromatic carbocycles. The average Bonchev–Trinajstić information content (AvgIpc) is 3.20. The van der Waals surface area contributed by atoms with Crippen LogP contribution in [0, 0.1) is 11.8 Å². The maximum absolute atomic E-state index is 14.7. The number of nitrogens with zero attached hydrogens (tertiary/aromatic N) is 6. The van der Waals surface area contributed by atoms with E-state index in [1.54, 1.807) is 90.6 Å². The standard InChI is InChI=1S/C43H56N8O5/c1-29(2)37(44)40(53)50(42(55)48(5)27-33-21-13-15-23-46-33)35(25-31-17-9-7-10-18-31)39(52)36(26-32-19-11-8-12-20-32)51(41(54)38(45)30(3)4)43(56)49(6)28-34-22-14-16-24-47-34/h7-24,29-30,35-39,52H,25-28,44-45H2,1-6H3/t35?,36?,37-,38-,39?/m0/s1. The van der Waals surface area contributed by atoms with Gasteiger partial charge in [0.2, 0.25) is 11.8 Å². The Balaban J connectivity index is 1.93. The number of pyridine rings is 2. The number of carbonyl (C=O) groups is 4. The van der Waals surface area contributed by atoms with Gasteiger partial charge >= 0.3 is 12.1 Å².